The zero-order valence-electron chi connectivity index (χ0n) is 13.9. The van der Waals surface area contributed by atoms with Crippen LogP contribution in [0.15, 0.2) is 42.6 Å². The normalized spacial score (nSPS) is 10.2. The van der Waals surface area contributed by atoms with Gasteiger partial charge in [-0.25, -0.2) is 4.98 Å². The van der Waals surface area contributed by atoms with E-state index in [2.05, 4.69) is 17.2 Å². The van der Waals surface area contributed by atoms with Crippen molar-refractivity contribution in [3.05, 3.63) is 48.2 Å². The molecule has 1 amide bonds. The summed E-state index contributed by atoms with van der Waals surface area (Å²) in [5.41, 5.74) is 1.48. The minimum absolute atomic E-state index is 0.00104. The van der Waals surface area contributed by atoms with Gasteiger partial charge < -0.3 is 15.0 Å². The highest BCUT2D eigenvalue weighted by atomic mass is 16.5. The van der Waals surface area contributed by atoms with Gasteiger partial charge in [-0.05, 0) is 30.7 Å². The van der Waals surface area contributed by atoms with E-state index in [0.29, 0.717) is 11.4 Å². The number of hydrogen-bond acceptors (Lipinski definition) is 4. The van der Waals surface area contributed by atoms with Gasteiger partial charge in [-0.15, -0.1) is 0 Å². The van der Waals surface area contributed by atoms with E-state index in [1.807, 2.05) is 31.3 Å². The van der Waals surface area contributed by atoms with Crippen molar-refractivity contribution < 1.29 is 9.53 Å². The molecule has 5 nitrogen and oxygen atoms in total. The Bertz CT molecular complexity index is 641. The zero-order valence-corrected chi connectivity index (χ0v) is 13.9. The quantitative estimate of drug-likeness (QED) is 0.846. The van der Waals surface area contributed by atoms with Crippen molar-refractivity contribution in [2.45, 2.75) is 19.8 Å². The minimum atomic E-state index is -0.00104. The number of methoxy groups -OCH3 is 1. The summed E-state index contributed by atoms with van der Waals surface area (Å²) >= 11 is 0. The van der Waals surface area contributed by atoms with Crippen molar-refractivity contribution >= 4 is 17.4 Å². The third kappa shape index (κ3) is 4.71. The molecular weight excluding hydrogens is 290 g/mol. The number of benzene rings is 1. The van der Waals surface area contributed by atoms with E-state index in [0.717, 1.165) is 30.8 Å². The molecule has 0 unspecified atom stereocenters. The second-order valence-corrected chi connectivity index (χ2v) is 5.37. The van der Waals surface area contributed by atoms with E-state index >= 15 is 0 Å². The first-order valence-corrected chi connectivity index (χ1v) is 7.76. The van der Waals surface area contributed by atoms with Crippen molar-refractivity contribution in [3.63, 3.8) is 0 Å². The summed E-state index contributed by atoms with van der Waals surface area (Å²) in [6, 6.07) is 11.2. The number of amides is 1. The average molecular weight is 313 g/mol. The van der Waals surface area contributed by atoms with E-state index in [1.165, 1.54) is 0 Å². The number of unbranched alkanes of at least 4 members (excludes halogenated alkanes) is 1. The van der Waals surface area contributed by atoms with Crippen molar-refractivity contribution in [2.75, 3.05) is 26.0 Å². The fraction of sp³-hybridized carbons (Fsp3) is 0.333. The number of carbonyl (C=O) groups excluding carboxylic acids is 1. The molecule has 0 bridgehead atoms. The van der Waals surface area contributed by atoms with Crippen LogP contribution in [0.1, 0.15) is 30.1 Å². The Labute approximate surface area is 137 Å². The maximum Gasteiger partial charge on any atom is 0.255 e. The van der Waals surface area contributed by atoms with Crippen LogP contribution in [0.2, 0.25) is 0 Å². The van der Waals surface area contributed by atoms with Crippen LogP contribution < -0.4 is 10.1 Å². The van der Waals surface area contributed by atoms with E-state index < -0.39 is 0 Å². The first-order valence-electron chi connectivity index (χ1n) is 7.76. The lowest BCUT2D eigenvalue weighted by atomic mass is 10.2. The maximum absolute atomic E-state index is 12.3. The lowest BCUT2D eigenvalue weighted by molar-refractivity contribution is 0.0793. The van der Waals surface area contributed by atoms with Crippen LogP contribution >= 0.6 is 0 Å². The summed E-state index contributed by atoms with van der Waals surface area (Å²) in [4.78, 5) is 18.3. The summed E-state index contributed by atoms with van der Waals surface area (Å²) in [5, 5.41) is 3.19. The molecule has 2 rings (SSSR count). The molecule has 1 aromatic carbocycles. The highest BCUT2D eigenvalue weighted by Crippen LogP contribution is 2.20. The number of hydrogen-bond donors (Lipinski definition) is 1. The molecule has 0 spiro atoms. The summed E-state index contributed by atoms with van der Waals surface area (Å²) < 4.78 is 5.19. The summed E-state index contributed by atoms with van der Waals surface area (Å²) in [6.07, 6.45) is 3.68. The van der Waals surface area contributed by atoms with Gasteiger partial charge in [0.05, 0.1) is 12.7 Å². The Morgan fingerprint density at radius 3 is 2.78 bits per heavy atom. The van der Waals surface area contributed by atoms with Crippen molar-refractivity contribution in [1.29, 1.82) is 0 Å². The van der Waals surface area contributed by atoms with Crippen LogP contribution in [-0.2, 0) is 0 Å². The third-order valence-corrected chi connectivity index (χ3v) is 3.55. The van der Waals surface area contributed by atoms with Gasteiger partial charge in [0.15, 0.2) is 0 Å². The Morgan fingerprint density at radius 2 is 2.13 bits per heavy atom. The van der Waals surface area contributed by atoms with E-state index in [4.69, 9.17) is 4.74 Å². The number of rotatable bonds is 7. The van der Waals surface area contributed by atoms with Gasteiger partial charge in [-0.1, -0.05) is 19.4 Å². The minimum Gasteiger partial charge on any atom is -0.497 e. The zero-order chi connectivity index (χ0) is 16.7. The Kier molecular flexibility index (Phi) is 5.97. The fourth-order valence-corrected chi connectivity index (χ4v) is 2.16. The Balaban J connectivity index is 2.02. The number of nitrogens with zero attached hydrogens (tertiary/aromatic N) is 2. The fourth-order valence-electron chi connectivity index (χ4n) is 2.16. The first kappa shape index (κ1) is 16.8. The van der Waals surface area contributed by atoms with Gasteiger partial charge in [-0.2, -0.15) is 0 Å². The van der Waals surface area contributed by atoms with Crippen molar-refractivity contribution in [3.8, 4) is 5.75 Å². The second kappa shape index (κ2) is 8.17. The second-order valence-electron chi connectivity index (χ2n) is 5.37. The van der Waals surface area contributed by atoms with Gasteiger partial charge in [0, 0.05) is 31.5 Å². The Hall–Kier alpha value is -2.56. The van der Waals surface area contributed by atoms with Crippen LogP contribution in [0.4, 0.5) is 11.5 Å². The van der Waals surface area contributed by atoms with Gasteiger partial charge >= 0.3 is 0 Å². The lowest BCUT2D eigenvalue weighted by Crippen LogP contribution is -2.27. The molecule has 23 heavy (non-hydrogen) atoms. The topological polar surface area (TPSA) is 54.5 Å². The number of anilines is 2. The van der Waals surface area contributed by atoms with E-state index in [1.54, 1.807) is 30.3 Å². The van der Waals surface area contributed by atoms with E-state index in [9.17, 15) is 4.79 Å². The molecule has 1 N–H and O–H groups in total. The van der Waals surface area contributed by atoms with E-state index in [-0.39, 0.29) is 5.91 Å². The average Bonchev–Trinajstić information content (AvgIpc) is 2.60. The lowest BCUT2D eigenvalue weighted by Gasteiger charge is -2.16. The number of nitrogens with one attached hydrogen (secondary N) is 1. The van der Waals surface area contributed by atoms with Crippen molar-refractivity contribution in [1.82, 2.24) is 9.88 Å². The molecule has 0 aliphatic carbocycles. The SMILES string of the molecule is CCCCN(C)C(=O)c1ccc(Nc2cccc(OC)c2)nc1. The highest BCUT2D eigenvalue weighted by molar-refractivity contribution is 5.93. The van der Waals surface area contributed by atoms with Gasteiger partial charge in [-0.3, -0.25) is 4.79 Å². The molecule has 0 radical (unpaired) electrons. The van der Waals surface area contributed by atoms with Crippen LogP contribution in [0, 0.1) is 0 Å². The van der Waals surface area contributed by atoms with Gasteiger partial charge in [0.1, 0.15) is 11.6 Å². The largest absolute Gasteiger partial charge is 0.497 e. The molecule has 0 saturated heterocycles. The smallest absolute Gasteiger partial charge is 0.255 e. The molecule has 0 aliphatic heterocycles. The number of aromatic nitrogens is 1. The molecule has 0 saturated carbocycles. The summed E-state index contributed by atoms with van der Waals surface area (Å²) in [5.74, 6) is 1.46. The Morgan fingerprint density at radius 1 is 1.30 bits per heavy atom. The molecule has 0 atom stereocenters. The van der Waals surface area contributed by atoms with Crippen LogP contribution in [0.25, 0.3) is 0 Å². The molecule has 2 aromatic rings. The first-order chi connectivity index (χ1) is 11.1. The number of carbonyl (C=O) groups is 1. The molecule has 1 heterocycles. The predicted octanol–water partition coefficient (Wildman–Crippen LogP) is 3.71. The molecular formula is C18H23N3O2. The standard InChI is InChI=1S/C18H23N3O2/c1-4-5-11-21(2)18(22)14-9-10-17(19-13-14)20-15-7-6-8-16(12-15)23-3/h6-10,12-13H,4-5,11H2,1-3H3,(H,19,20). The summed E-state index contributed by atoms with van der Waals surface area (Å²) in [6.45, 7) is 2.87. The van der Waals surface area contributed by atoms with Crippen molar-refractivity contribution in [2.24, 2.45) is 0 Å². The molecule has 0 fully saturated rings. The monoisotopic (exact) mass is 313 g/mol. The van der Waals surface area contributed by atoms with Crippen LogP contribution in [-0.4, -0.2) is 36.5 Å². The maximum atomic E-state index is 12.3. The predicted molar refractivity (Wildman–Crippen MR) is 92.4 cm³/mol. The van der Waals surface area contributed by atoms with Gasteiger partial charge in [0.25, 0.3) is 5.91 Å². The molecule has 5 heteroatoms. The number of pyridine rings is 1. The number of ether oxygens (including phenoxy) is 1. The molecule has 122 valence electrons. The van der Waals surface area contributed by atoms with Gasteiger partial charge in [0.2, 0.25) is 0 Å². The third-order valence-electron chi connectivity index (χ3n) is 3.55. The molecule has 0 aliphatic rings. The highest BCUT2D eigenvalue weighted by Gasteiger charge is 2.11. The van der Waals surface area contributed by atoms with Crippen LogP contribution in [0.3, 0.4) is 0 Å². The van der Waals surface area contributed by atoms with Crippen LogP contribution in [0.5, 0.6) is 5.75 Å². The summed E-state index contributed by atoms with van der Waals surface area (Å²) in [7, 11) is 3.45. The molecule has 1 aromatic heterocycles.